The van der Waals surface area contributed by atoms with Crippen molar-refractivity contribution in [1.29, 1.82) is 0 Å². The Balaban J connectivity index is 1.27. The van der Waals surface area contributed by atoms with E-state index in [1.807, 2.05) is 25.1 Å². The fourth-order valence-electron chi connectivity index (χ4n) is 4.51. The number of methoxy groups -OCH3 is 1. The van der Waals surface area contributed by atoms with Gasteiger partial charge in [0.25, 0.3) is 5.91 Å². The zero-order valence-electron chi connectivity index (χ0n) is 20.8. The smallest absolute Gasteiger partial charge is 0.251 e. The summed E-state index contributed by atoms with van der Waals surface area (Å²) in [7, 11) is 1.61. The predicted molar refractivity (Wildman–Crippen MR) is 139 cm³/mol. The third-order valence-electron chi connectivity index (χ3n) is 6.47. The van der Waals surface area contributed by atoms with Gasteiger partial charge in [-0.2, -0.15) is 0 Å². The quantitative estimate of drug-likeness (QED) is 0.403. The van der Waals surface area contributed by atoms with E-state index >= 15 is 0 Å². The number of nitrogens with one attached hydrogen (secondary N) is 1. The summed E-state index contributed by atoms with van der Waals surface area (Å²) in [5.74, 6) is 0.665. The molecule has 35 heavy (non-hydrogen) atoms. The average molecular weight is 477 g/mol. The molecular weight excluding hydrogens is 440 g/mol. The van der Waals surface area contributed by atoms with Crippen LogP contribution in [0.1, 0.15) is 41.3 Å². The van der Waals surface area contributed by atoms with Crippen LogP contribution in [0.15, 0.2) is 60.7 Å². The van der Waals surface area contributed by atoms with E-state index in [-0.39, 0.29) is 11.9 Å². The number of likely N-dealkylation sites (tertiary alicyclic amines) is 1. The Labute approximate surface area is 208 Å². The molecule has 1 heterocycles. The molecule has 0 atom stereocenters. The largest absolute Gasteiger partial charge is 0.497 e. The molecule has 3 aromatic rings. The number of carbonyl (C=O) groups is 1. The van der Waals surface area contributed by atoms with E-state index in [4.69, 9.17) is 14.2 Å². The minimum absolute atomic E-state index is 0.0328. The van der Waals surface area contributed by atoms with E-state index in [1.54, 1.807) is 13.2 Å². The molecule has 4 rings (SSSR count). The second-order valence-corrected chi connectivity index (χ2v) is 9.02. The molecule has 1 amide bonds. The first-order valence-electron chi connectivity index (χ1n) is 12.5. The van der Waals surface area contributed by atoms with Crippen LogP contribution in [0.4, 0.5) is 0 Å². The summed E-state index contributed by atoms with van der Waals surface area (Å²) in [6.07, 6.45) is 1.90. The van der Waals surface area contributed by atoms with Crippen molar-refractivity contribution in [3.05, 3.63) is 77.4 Å². The first-order chi connectivity index (χ1) is 17.1. The number of carbonyl (C=O) groups excluding carboxylic acids is 1. The number of ether oxygens (including phenoxy) is 3. The van der Waals surface area contributed by atoms with E-state index in [0.29, 0.717) is 31.1 Å². The molecule has 0 aromatic heterocycles. The number of nitrogens with zero attached hydrogens (tertiary/aromatic N) is 1. The second-order valence-electron chi connectivity index (χ2n) is 9.02. The van der Waals surface area contributed by atoms with Crippen LogP contribution in [0.5, 0.6) is 5.75 Å². The number of amides is 1. The fourth-order valence-corrected chi connectivity index (χ4v) is 4.51. The maximum atomic E-state index is 12.6. The summed E-state index contributed by atoms with van der Waals surface area (Å²) < 4.78 is 16.3. The van der Waals surface area contributed by atoms with Crippen molar-refractivity contribution < 1.29 is 19.0 Å². The van der Waals surface area contributed by atoms with E-state index in [9.17, 15) is 4.79 Å². The number of fused-ring (bicyclic) bond motifs is 1. The van der Waals surface area contributed by atoms with Crippen LogP contribution in [-0.4, -0.2) is 56.9 Å². The van der Waals surface area contributed by atoms with Crippen molar-refractivity contribution in [3.63, 3.8) is 0 Å². The molecule has 0 bridgehead atoms. The van der Waals surface area contributed by atoms with Gasteiger partial charge < -0.3 is 19.5 Å². The predicted octanol–water partition coefficient (Wildman–Crippen LogP) is 4.80. The van der Waals surface area contributed by atoms with Crippen LogP contribution in [-0.2, 0) is 22.6 Å². The molecule has 0 spiro atoms. The minimum atomic E-state index is -0.0328. The van der Waals surface area contributed by atoms with Gasteiger partial charge in [-0.05, 0) is 72.0 Å². The van der Waals surface area contributed by atoms with Crippen LogP contribution >= 0.6 is 0 Å². The molecule has 6 nitrogen and oxygen atoms in total. The maximum Gasteiger partial charge on any atom is 0.251 e. The standard InChI is InChI=1S/C29H36N2O4/c1-3-34-15-16-35-21-23-8-10-24-9-7-22(17-26(24)18-23)20-31-13-11-27(12-14-31)30-29(32)25-5-4-6-28(19-25)33-2/h4-10,17-19,27H,3,11-16,20-21H2,1-2H3,(H,30,32). The van der Waals surface area contributed by atoms with Crippen LogP contribution in [0.2, 0.25) is 0 Å². The number of piperidine rings is 1. The van der Waals surface area contributed by atoms with Gasteiger partial charge in [0.2, 0.25) is 0 Å². The normalized spacial score (nSPS) is 14.8. The van der Waals surface area contributed by atoms with Crippen molar-refractivity contribution in [2.24, 2.45) is 0 Å². The first kappa shape index (κ1) is 25.2. The van der Waals surface area contributed by atoms with Crippen molar-refractivity contribution >= 4 is 16.7 Å². The van der Waals surface area contributed by atoms with Gasteiger partial charge in [0.1, 0.15) is 5.75 Å². The van der Waals surface area contributed by atoms with Crippen molar-refractivity contribution in [2.45, 2.75) is 39.0 Å². The molecule has 1 N–H and O–H groups in total. The van der Waals surface area contributed by atoms with Crippen molar-refractivity contribution in [1.82, 2.24) is 10.2 Å². The Morgan fingerprint density at radius 3 is 2.46 bits per heavy atom. The molecule has 1 fully saturated rings. The first-order valence-corrected chi connectivity index (χ1v) is 12.5. The summed E-state index contributed by atoms with van der Waals surface area (Å²) in [4.78, 5) is 15.1. The number of hydrogen-bond acceptors (Lipinski definition) is 5. The highest BCUT2D eigenvalue weighted by Gasteiger charge is 2.21. The van der Waals surface area contributed by atoms with Gasteiger partial charge in [-0.25, -0.2) is 0 Å². The van der Waals surface area contributed by atoms with Gasteiger partial charge in [-0.15, -0.1) is 0 Å². The van der Waals surface area contributed by atoms with E-state index < -0.39 is 0 Å². The molecule has 0 aliphatic carbocycles. The van der Waals surface area contributed by atoms with Crippen LogP contribution in [0.25, 0.3) is 10.8 Å². The number of benzene rings is 3. The second kappa shape index (κ2) is 12.7. The third-order valence-corrected chi connectivity index (χ3v) is 6.47. The summed E-state index contributed by atoms with van der Waals surface area (Å²) in [5, 5.41) is 5.67. The van der Waals surface area contributed by atoms with E-state index in [0.717, 1.165) is 39.1 Å². The minimum Gasteiger partial charge on any atom is -0.497 e. The lowest BCUT2D eigenvalue weighted by Crippen LogP contribution is -2.44. The van der Waals surface area contributed by atoms with Gasteiger partial charge in [0.05, 0.1) is 26.9 Å². The van der Waals surface area contributed by atoms with Gasteiger partial charge >= 0.3 is 0 Å². The fraction of sp³-hybridized carbons (Fsp3) is 0.414. The van der Waals surface area contributed by atoms with E-state index in [2.05, 4.69) is 46.6 Å². The molecule has 1 aliphatic heterocycles. The molecular formula is C29H36N2O4. The molecule has 186 valence electrons. The topological polar surface area (TPSA) is 60.0 Å². The Morgan fingerprint density at radius 1 is 0.943 bits per heavy atom. The zero-order chi connectivity index (χ0) is 24.5. The lowest BCUT2D eigenvalue weighted by Gasteiger charge is -2.32. The van der Waals surface area contributed by atoms with Gasteiger partial charge in [0.15, 0.2) is 0 Å². The Hall–Kier alpha value is -2.93. The molecule has 0 saturated carbocycles. The lowest BCUT2D eigenvalue weighted by molar-refractivity contribution is 0.0453. The highest BCUT2D eigenvalue weighted by molar-refractivity contribution is 5.94. The number of hydrogen-bond donors (Lipinski definition) is 1. The van der Waals surface area contributed by atoms with Crippen molar-refractivity contribution in [2.75, 3.05) is 40.0 Å². The molecule has 3 aromatic carbocycles. The summed E-state index contributed by atoms with van der Waals surface area (Å²) in [5.41, 5.74) is 3.13. The molecule has 1 saturated heterocycles. The number of rotatable bonds is 11. The summed E-state index contributed by atoms with van der Waals surface area (Å²) in [6.45, 7) is 7.41. The van der Waals surface area contributed by atoms with Gasteiger partial charge in [0, 0.05) is 37.8 Å². The van der Waals surface area contributed by atoms with Crippen LogP contribution in [0, 0.1) is 0 Å². The summed E-state index contributed by atoms with van der Waals surface area (Å²) >= 11 is 0. The highest BCUT2D eigenvalue weighted by Crippen LogP contribution is 2.21. The molecule has 0 unspecified atom stereocenters. The monoisotopic (exact) mass is 476 g/mol. The zero-order valence-corrected chi connectivity index (χ0v) is 20.8. The SMILES string of the molecule is CCOCCOCc1ccc2ccc(CN3CCC(NC(=O)c4cccc(OC)c4)CC3)cc2c1. The Kier molecular flexibility index (Phi) is 9.12. The van der Waals surface area contributed by atoms with Crippen LogP contribution < -0.4 is 10.1 Å². The molecule has 0 radical (unpaired) electrons. The van der Waals surface area contributed by atoms with Gasteiger partial charge in [-0.1, -0.05) is 30.3 Å². The van der Waals surface area contributed by atoms with Gasteiger partial charge in [-0.3, -0.25) is 9.69 Å². The van der Waals surface area contributed by atoms with E-state index in [1.165, 1.54) is 21.9 Å². The molecule has 1 aliphatic rings. The van der Waals surface area contributed by atoms with Crippen LogP contribution in [0.3, 0.4) is 0 Å². The average Bonchev–Trinajstić information content (AvgIpc) is 2.89. The Morgan fingerprint density at radius 2 is 1.69 bits per heavy atom. The van der Waals surface area contributed by atoms with Crippen molar-refractivity contribution in [3.8, 4) is 5.75 Å². The maximum absolute atomic E-state index is 12.6. The lowest BCUT2D eigenvalue weighted by atomic mass is 10.0. The Bertz CT molecular complexity index is 1110. The third kappa shape index (κ3) is 7.28. The summed E-state index contributed by atoms with van der Waals surface area (Å²) in [6, 6.07) is 20.7. The highest BCUT2D eigenvalue weighted by atomic mass is 16.5. The molecule has 6 heteroatoms.